The zero-order valence-corrected chi connectivity index (χ0v) is 11.5. The molecule has 0 spiro atoms. The largest absolute Gasteiger partial charge is 0.481 e. The third kappa shape index (κ3) is 4.52. The Morgan fingerprint density at radius 3 is 2.53 bits per heavy atom. The van der Waals surface area contributed by atoms with Gasteiger partial charge in [0, 0.05) is 13.7 Å². The summed E-state index contributed by atoms with van der Waals surface area (Å²) in [5.74, 6) is -3.01. The predicted molar refractivity (Wildman–Crippen MR) is 71.9 cm³/mol. The van der Waals surface area contributed by atoms with Gasteiger partial charge in [0.05, 0.1) is 5.92 Å². The molecule has 0 aliphatic heterocycles. The molecule has 0 fully saturated rings. The maximum absolute atomic E-state index is 11.3. The molecule has 0 aromatic heterocycles. The summed E-state index contributed by atoms with van der Waals surface area (Å²) in [4.78, 5) is 22.4. The second kappa shape index (κ2) is 8.48. The first kappa shape index (κ1) is 17.4. The molecular formula is C14H22O5. The number of allylic oxidation sites excluding steroid dienone is 2. The molecule has 2 N–H and O–H groups in total. The number of carboxylic acid groups (broad SMARTS) is 2. The van der Waals surface area contributed by atoms with Crippen molar-refractivity contribution in [3.63, 3.8) is 0 Å². The summed E-state index contributed by atoms with van der Waals surface area (Å²) >= 11 is 0. The molecule has 0 saturated carbocycles. The van der Waals surface area contributed by atoms with Crippen molar-refractivity contribution in [2.75, 3.05) is 13.7 Å². The van der Waals surface area contributed by atoms with Crippen LogP contribution in [-0.2, 0) is 14.3 Å². The minimum Gasteiger partial charge on any atom is -0.481 e. The van der Waals surface area contributed by atoms with Crippen LogP contribution in [-0.4, -0.2) is 35.9 Å². The van der Waals surface area contributed by atoms with Gasteiger partial charge in [-0.05, 0) is 26.2 Å². The molecule has 2 unspecified atom stereocenters. The molecular weight excluding hydrogens is 248 g/mol. The molecule has 1 rings (SSSR count). The summed E-state index contributed by atoms with van der Waals surface area (Å²) in [5.41, 5.74) is -1.32. The van der Waals surface area contributed by atoms with Crippen LogP contribution < -0.4 is 0 Å². The van der Waals surface area contributed by atoms with Gasteiger partial charge >= 0.3 is 11.9 Å². The fraction of sp³-hybridized carbons (Fsp3) is 0.571. The molecule has 0 radical (unpaired) electrons. The monoisotopic (exact) mass is 270 g/mol. The molecule has 5 nitrogen and oxygen atoms in total. The van der Waals surface area contributed by atoms with Crippen LogP contribution in [0.5, 0.6) is 0 Å². The number of ether oxygens (including phenoxy) is 1. The highest BCUT2D eigenvalue weighted by Crippen LogP contribution is 2.40. The van der Waals surface area contributed by atoms with E-state index in [0.717, 1.165) is 0 Å². The van der Waals surface area contributed by atoms with Crippen LogP contribution in [0.3, 0.4) is 0 Å². The molecule has 0 saturated heterocycles. The van der Waals surface area contributed by atoms with Crippen LogP contribution in [0.2, 0.25) is 0 Å². The molecule has 0 aromatic carbocycles. The van der Waals surface area contributed by atoms with Gasteiger partial charge in [0.25, 0.3) is 0 Å². The normalized spacial score (nSPS) is 25.1. The number of methoxy groups -OCH3 is 1. The smallest absolute Gasteiger partial charge is 0.314 e. The third-order valence-electron chi connectivity index (χ3n) is 3.08. The van der Waals surface area contributed by atoms with E-state index in [0.29, 0.717) is 12.8 Å². The van der Waals surface area contributed by atoms with Gasteiger partial charge in [0.1, 0.15) is 5.41 Å². The second-order valence-corrected chi connectivity index (χ2v) is 4.37. The molecule has 19 heavy (non-hydrogen) atoms. The summed E-state index contributed by atoms with van der Waals surface area (Å²) in [6.45, 7) is 5.49. The molecule has 1 aliphatic rings. The molecule has 0 aromatic rings. The van der Waals surface area contributed by atoms with Crippen molar-refractivity contribution in [3.8, 4) is 0 Å². The van der Waals surface area contributed by atoms with E-state index in [-0.39, 0.29) is 13.0 Å². The van der Waals surface area contributed by atoms with Gasteiger partial charge in [-0.2, -0.15) is 0 Å². The molecule has 108 valence electrons. The van der Waals surface area contributed by atoms with Crippen LogP contribution in [0.4, 0.5) is 0 Å². The van der Waals surface area contributed by atoms with Gasteiger partial charge in [-0.25, -0.2) is 0 Å². The Labute approximate surface area is 113 Å². The minimum absolute atomic E-state index is 0.187. The van der Waals surface area contributed by atoms with E-state index in [9.17, 15) is 14.7 Å². The zero-order chi connectivity index (χ0) is 14.9. The van der Waals surface area contributed by atoms with E-state index < -0.39 is 23.3 Å². The first-order valence-corrected chi connectivity index (χ1v) is 6.16. The Hall–Kier alpha value is -1.62. The average Bonchev–Trinajstić information content (AvgIpc) is 2.37. The van der Waals surface area contributed by atoms with Crippen molar-refractivity contribution in [3.05, 3.63) is 24.8 Å². The predicted octanol–water partition coefficient (Wildman–Crippen LogP) is 2.34. The van der Waals surface area contributed by atoms with Crippen LogP contribution in [0.15, 0.2) is 24.8 Å². The van der Waals surface area contributed by atoms with E-state index in [4.69, 9.17) is 9.84 Å². The van der Waals surface area contributed by atoms with Crippen LogP contribution in [0.25, 0.3) is 0 Å². The molecule has 2 atom stereocenters. The number of hydrogen-bond donors (Lipinski definition) is 2. The fourth-order valence-corrected chi connectivity index (χ4v) is 2.13. The lowest BCUT2D eigenvalue weighted by atomic mass is 9.68. The summed E-state index contributed by atoms with van der Waals surface area (Å²) in [5, 5.41) is 18.3. The maximum atomic E-state index is 11.3. The van der Waals surface area contributed by atoms with Crippen LogP contribution >= 0.6 is 0 Å². The molecule has 0 heterocycles. The minimum atomic E-state index is -1.32. The van der Waals surface area contributed by atoms with Crippen molar-refractivity contribution in [2.45, 2.75) is 26.2 Å². The van der Waals surface area contributed by atoms with E-state index in [1.807, 2.05) is 6.92 Å². The number of carbonyl (C=O) groups is 2. The molecule has 1 aliphatic carbocycles. The summed E-state index contributed by atoms with van der Waals surface area (Å²) in [6, 6.07) is 0. The third-order valence-corrected chi connectivity index (χ3v) is 3.08. The lowest BCUT2D eigenvalue weighted by Gasteiger charge is -2.34. The first-order chi connectivity index (χ1) is 8.96. The fourth-order valence-electron chi connectivity index (χ4n) is 2.13. The van der Waals surface area contributed by atoms with Crippen molar-refractivity contribution >= 4 is 11.9 Å². The highest BCUT2D eigenvalue weighted by atomic mass is 16.5. The number of aliphatic carboxylic acids is 2. The highest BCUT2D eigenvalue weighted by Gasteiger charge is 2.48. The Balaban J connectivity index is 0.000000982. The highest BCUT2D eigenvalue weighted by molar-refractivity contribution is 5.85. The summed E-state index contributed by atoms with van der Waals surface area (Å²) in [7, 11) is 1.47. The van der Waals surface area contributed by atoms with Gasteiger partial charge in [-0.3, -0.25) is 9.59 Å². The van der Waals surface area contributed by atoms with Crippen LogP contribution in [0.1, 0.15) is 26.2 Å². The number of rotatable bonds is 5. The first-order valence-electron chi connectivity index (χ1n) is 6.16. The van der Waals surface area contributed by atoms with E-state index in [1.54, 1.807) is 12.2 Å². The van der Waals surface area contributed by atoms with E-state index >= 15 is 0 Å². The molecule has 0 amide bonds. The molecule has 0 bridgehead atoms. The molecule has 5 heteroatoms. The SMILES string of the molecule is C=CC.COCCC1(C(=O)O)C=CCCC1C(=O)O. The van der Waals surface area contributed by atoms with Crippen LogP contribution in [0, 0.1) is 11.3 Å². The van der Waals surface area contributed by atoms with Gasteiger partial charge in [-0.1, -0.05) is 18.2 Å². The second-order valence-electron chi connectivity index (χ2n) is 4.37. The topological polar surface area (TPSA) is 83.8 Å². The van der Waals surface area contributed by atoms with Crippen molar-refractivity contribution in [1.82, 2.24) is 0 Å². The van der Waals surface area contributed by atoms with Gasteiger partial charge in [-0.15, -0.1) is 6.58 Å². The number of carboxylic acids is 2. The summed E-state index contributed by atoms with van der Waals surface area (Å²) in [6.07, 6.45) is 6.16. The standard InChI is InChI=1S/C11H16O5.C3H6/c1-16-7-6-11(10(14)15)5-3-2-4-8(11)9(12)13;1-3-2/h3,5,8H,2,4,6-7H2,1H3,(H,12,13)(H,14,15);3H,1H2,2H3. The lowest BCUT2D eigenvalue weighted by Crippen LogP contribution is -2.43. The quantitative estimate of drug-likeness (QED) is 0.749. The van der Waals surface area contributed by atoms with Crippen molar-refractivity contribution in [2.24, 2.45) is 11.3 Å². The zero-order valence-electron chi connectivity index (χ0n) is 11.5. The Bertz CT molecular complexity index is 348. The van der Waals surface area contributed by atoms with E-state index in [2.05, 4.69) is 6.58 Å². The lowest BCUT2D eigenvalue weighted by molar-refractivity contribution is -0.161. The van der Waals surface area contributed by atoms with Gasteiger partial charge in [0.15, 0.2) is 0 Å². The van der Waals surface area contributed by atoms with Crippen molar-refractivity contribution in [1.29, 1.82) is 0 Å². The summed E-state index contributed by atoms with van der Waals surface area (Å²) < 4.78 is 4.86. The Morgan fingerprint density at radius 2 is 2.11 bits per heavy atom. The Kier molecular flexibility index (Phi) is 7.75. The van der Waals surface area contributed by atoms with E-state index in [1.165, 1.54) is 13.2 Å². The maximum Gasteiger partial charge on any atom is 0.314 e. The average molecular weight is 270 g/mol. The van der Waals surface area contributed by atoms with Gasteiger partial charge in [0.2, 0.25) is 0 Å². The van der Waals surface area contributed by atoms with Gasteiger partial charge < -0.3 is 14.9 Å². The van der Waals surface area contributed by atoms with Crippen molar-refractivity contribution < 1.29 is 24.5 Å². The number of hydrogen-bond acceptors (Lipinski definition) is 3. The Morgan fingerprint density at radius 1 is 1.53 bits per heavy atom.